The summed E-state index contributed by atoms with van der Waals surface area (Å²) in [5.41, 5.74) is -1.78. The zero-order valence-corrected chi connectivity index (χ0v) is 31.6. The Morgan fingerprint density at radius 1 is 1.15 bits per heavy atom. The molecule has 0 spiro atoms. The molecule has 15 nitrogen and oxygen atoms in total. The highest BCUT2D eigenvalue weighted by Crippen LogP contribution is 2.46. The minimum atomic E-state index is -4.18. The molecule has 3 N–H and O–H groups in total. The van der Waals surface area contributed by atoms with Gasteiger partial charge >= 0.3 is 16.3 Å². The Kier molecular flexibility index (Phi) is 11.2. The minimum absolute atomic E-state index is 0.0330. The SMILES string of the molecule is CC(C)n1c(O[C@@H]2C[C@H]3C(=O)N[C@]4(C(=O)NS(=O)(=O)N(C)C)C[C@H]4C=CCCCCC[C@H](NC(=O)OC(C)(C)C)C(=O)N3C2)nc2c(F)cccc21. The summed E-state index contributed by atoms with van der Waals surface area (Å²) in [5.74, 6) is -3.15. The first kappa shape index (κ1) is 39.0. The van der Waals surface area contributed by atoms with Crippen LogP contribution in [0.4, 0.5) is 9.18 Å². The number of carbonyl (C=O) groups is 4. The van der Waals surface area contributed by atoms with Gasteiger partial charge in [0.25, 0.3) is 11.9 Å². The number of nitrogens with zero attached hydrogens (tertiary/aromatic N) is 4. The lowest BCUT2D eigenvalue weighted by atomic mass is 10.0. The summed E-state index contributed by atoms with van der Waals surface area (Å²) in [4.78, 5) is 61.0. The van der Waals surface area contributed by atoms with E-state index in [1.165, 1.54) is 25.1 Å². The van der Waals surface area contributed by atoms with Crippen molar-refractivity contribution < 1.29 is 41.5 Å². The van der Waals surface area contributed by atoms with E-state index in [4.69, 9.17) is 9.47 Å². The second kappa shape index (κ2) is 15.0. The van der Waals surface area contributed by atoms with Crippen molar-refractivity contribution in [2.24, 2.45) is 5.92 Å². The number of aromatic nitrogens is 2. The molecule has 0 unspecified atom stereocenters. The molecule has 1 aromatic heterocycles. The lowest BCUT2D eigenvalue weighted by Crippen LogP contribution is -2.58. The van der Waals surface area contributed by atoms with Gasteiger partial charge in [-0.1, -0.05) is 31.1 Å². The first-order chi connectivity index (χ1) is 24.3. The van der Waals surface area contributed by atoms with Gasteiger partial charge in [-0.3, -0.25) is 19.0 Å². The van der Waals surface area contributed by atoms with E-state index in [1.54, 1.807) is 37.5 Å². The smallest absolute Gasteiger partial charge is 0.408 e. The third-order valence-corrected chi connectivity index (χ3v) is 10.9. The predicted molar refractivity (Wildman–Crippen MR) is 190 cm³/mol. The molecule has 1 saturated carbocycles. The molecule has 0 bridgehead atoms. The fourth-order valence-corrected chi connectivity index (χ4v) is 7.31. The number of nitrogens with one attached hydrogen (secondary N) is 3. The first-order valence-corrected chi connectivity index (χ1v) is 19.1. The maximum Gasteiger partial charge on any atom is 0.408 e. The normalized spacial score (nSPS) is 25.9. The molecule has 2 aromatic rings. The standard InChI is InChI=1S/C35H50FN7O8S/c1-21(2)43-26-17-13-15-24(36)28(26)38-32(43)50-23-18-27-29(44)39-35(31(46)40-52(48,49)41(6)7)19-22(35)14-11-9-8-10-12-16-25(30(45)42(27)20-23)37-33(47)51-34(3,4)5/h11,13-15,17,21-23,25,27H,8-10,12,16,18-20H2,1-7H3,(H,37,47)(H,39,44)(H,40,46)/t22-,23-,25+,27+,35-/m1/s1. The Morgan fingerprint density at radius 2 is 1.88 bits per heavy atom. The van der Waals surface area contributed by atoms with Crippen LogP contribution in [-0.2, 0) is 29.3 Å². The molecule has 5 atom stereocenters. The highest BCUT2D eigenvalue weighted by Gasteiger charge is 2.61. The highest BCUT2D eigenvalue weighted by atomic mass is 32.2. The van der Waals surface area contributed by atoms with Gasteiger partial charge in [0.2, 0.25) is 11.8 Å². The van der Waals surface area contributed by atoms with Crippen LogP contribution in [0.15, 0.2) is 30.4 Å². The number of halogens is 1. The molecule has 0 radical (unpaired) electrons. The molecule has 1 aliphatic carbocycles. The minimum Gasteiger partial charge on any atom is -0.459 e. The summed E-state index contributed by atoms with van der Waals surface area (Å²) in [6.45, 7) is 8.81. The maximum atomic E-state index is 14.8. The molecule has 286 valence electrons. The number of hydrogen-bond acceptors (Lipinski definition) is 9. The van der Waals surface area contributed by atoms with Crippen molar-refractivity contribution in [2.45, 2.75) is 115 Å². The van der Waals surface area contributed by atoms with E-state index in [0.29, 0.717) is 18.4 Å². The van der Waals surface area contributed by atoms with Gasteiger partial charge in [-0.25, -0.2) is 13.9 Å². The maximum absolute atomic E-state index is 14.8. The highest BCUT2D eigenvalue weighted by molar-refractivity contribution is 7.87. The molecule has 2 aliphatic heterocycles. The van der Waals surface area contributed by atoms with Crippen LogP contribution in [0.3, 0.4) is 0 Å². The molecule has 3 aliphatic rings. The zero-order valence-electron chi connectivity index (χ0n) is 30.8. The fourth-order valence-electron chi connectivity index (χ4n) is 6.71. The number of imidazole rings is 1. The van der Waals surface area contributed by atoms with Gasteiger partial charge in [-0.2, -0.15) is 17.7 Å². The first-order valence-electron chi connectivity index (χ1n) is 17.7. The van der Waals surface area contributed by atoms with Gasteiger partial charge in [0, 0.05) is 32.5 Å². The number of carbonyl (C=O) groups excluding carboxylic acids is 4. The van der Waals surface area contributed by atoms with Crippen LogP contribution in [0.1, 0.15) is 85.6 Å². The molecule has 4 amide bonds. The quantitative estimate of drug-likeness (QED) is 0.358. The fraction of sp³-hybridized carbons (Fsp3) is 0.629. The lowest BCUT2D eigenvalue weighted by molar-refractivity contribution is -0.141. The Balaban J connectivity index is 1.50. The van der Waals surface area contributed by atoms with E-state index in [0.717, 1.165) is 17.1 Å². The zero-order chi connectivity index (χ0) is 38.2. The van der Waals surface area contributed by atoms with Crippen molar-refractivity contribution in [1.29, 1.82) is 0 Å². The molecule has 17 heteroatoms. The van der Waals surface area contributed by atoms with Crippen LogP contribution in [0.2, 0.25) is 0 Å². The van der Waals surface area contributed by atoms with Gasteiger partial charge in [0.15, 0.2) is 5.82 Å². The number of fused-ring (bicyclic) bond motifs is 3. The molecular formula is C35H50FN7O8S. The molecule has 52 heavy (non-hydrogen) atoms. The van der Waals surface area contributed by atoms with Crippen LogP contribution in [-0.4, -0.2) is 101 Å². The van der Waals surface area contributed by atoms with E-state index in [9.17, 15) is 32.0 Å². The van der Waals surface area contributed by atoms with E-state index >= 15 is 0 Å². The van der Waals surface area contributed by atoms with Crippen LogP contribution in [0.5, 0.6) is 6.01 Å². The number of benzene rings is 1. The van der Waals surface area contributed by atoms with Gasteiger partial charge in [-0.15, -0.1) is 0 Å². The summed E-state index contributed by atoms with van der Waals surface area (Å²) < 4.78 is 56.6. The van der Waals surface area contributed by atoms with Crippen LogP contribution in [0, 0.1) is 11.7 Å². The topological polar surface area (TPSA) is 181 Å². The summed E-state index contributed by atoms with van der Waals surface area (Å²) >= 11 is 0. The summed E-state index contributed by atoms with van der Waals surface area (Å²) in [5, 5.41) is 5.51. The van der Waals surface area contributed by atoms with Crippen LogP contribution >= 0.6 is 0 Å². The molecule has 3 heterocycles. The largest absolute Gasteiger partial charge is 0.459 e. The number of para-hydroxylation sites is 1. The summed E-state index contributed by atoms with van der Waals surface area (Å²) in [6, 6.07) is 2.30. The summed E-state index contributed by atoms with van der Waals surface area (Å²) in [7, 11) is -1.63. The van der Waals surface area contributed by atoms with Crippen LogP contribution < -0.4 is 20.1 Å². The molecular weight excluding hydrogens is 697 g/mol. The number of alkyl carbamates (subject to hydrolysis) is 1. The second-order valence-electron chi connectivity index (χ2n) is 15.2. The molecule has 1 saturated heterocycles. The van der Waals surface area contributed by atoms with Crippen LogP contribution in [0.25, 0.3) is 11.0 Å². The van der Waals surface area contributed by atoms with Crippen molar-refractivity contribution in [3.63, 3.8) is 0 Å². The molecule has 5 rings (SSSR count). The molecule has 2 fully saturated rings. The van der Waals surface area contributed by atoms with Crippen molar-refractivity contribution >= 4 is 45.1 Å². The lowest BCUT2D eigenvalue weighted by Gasteiger charge is -2.30. The van der Waals surface area contributed by atoms with Crippen molar-refractivity contribution in [3.05, 3.63) is 36.2 Å². The predicted octanol–water partition coefficient (Wildman–Crippen LogP) is 3.32. The third-order valence-electron chi connectivity index (χ3n) is 9.47. The molecule has 1 aromatic carbocycles. The average molecular weight is 748 g/mol. The average Bonchev–Trinajstić information content (AvgIpc) is 3.36. The monoisotopic (exact) mass is 747 g/mol. The van der Waals surface area contributed by atoms with Crippen molar-refractivity contribution in [3.8, 4) is 6.01 Å². The Hall–Kier alpha value is -4.25. The Bertz CT molecular complexity index is 1840. The Labute approximate surface area is 303 Å². The number of amides is 4. The van der Waals surface area contributed by atoms with Gasteiger partial charge in [0.1, 0.15) is 34.8 Å². The van der Waals surface area contributed by atoms with Gasteiger partial charge < -0.3 is 25.0 Å². The van der Waals surface area contributed by atoms with Crippen molar-refractivity contribution in [2.75, 3.05) is 20.6 Å². The van der Waals surface area contributed by atoms with Crippen molar-refractivity contribution in [1.82, 2.24) is 34.1 Å². The summed E-state index contributed by atoms with van der Waals surface area (Å²) in [6.07, 6.45) is 5.27. The number of rotatable bonds is 7. The third kappa shape index (κ3) is 8.51. The number of allylic oxidation sites excluding steroid dienone is 1. The van der Waals surface area contributed by atoms with E-state index in [2.05, 4.69) is 20.3 Å². The van der Waals surface area contributed by atoms with E-state index in [1.807, 2.05) is 26.0 Å². The van der Waals surface area contributed by atoms with Gasteiger partial charge in [-0.05, 0) is 72.4 Å². The number of ether oxygens (including phenoxy) is 2. The second-order valence-corrected chi connectivity index (χ2v) is 17.1. The Morgan fingerprint density at radius 3 is 2.56 bits per heavy atom. The van der Waals surface area contributed by atoms with Gasteiger partial charge in [0.05, 0.1) is 12.1 Å². The van der Waals surface area contributed by atoms with E-state index in [-0.39, 0.29) is 43.4 Å². The number of hydrogen-bond donors (Lipinski definition) is 3. The van der Waals surface area contributed by atoms with E-state index < -0.39 is 75.1 Å².